The van der Waals surface area contributed by atoms with Crippen molar-refractivity contribution in [3.8, 4) is 0 Å². The molecule has 0 spiro atoms. The largest absolute Gasteiger partial charge is 0.309 e. The lowest BCUT2D eigenvalue weighted by molar-refractivity contribution is 0.0663. The summed E-state index contributed by atoms with van der Waals surface area (Å²) in [6.07, 6.45) is 2.82. The molecule has 2 atom stereocenters. The molecule has 0 aromatic carbocycles. The molecular weight excluding hydrogens is 186 g/mol. The fourth-order valence-corrected chi connectivity index (χ4v) is 3.12. The van der Waals surface area contributed by atoms with Crippen LogP contribution < -0.4 is 5.32 Å². The minimum absolute atomic E-state index is 0.616. The van der Waals surface area contributed by atoms with Gasteiger partial charge in [0.2, 0.25) is 0 Å². The van der Waals surface area contributed by atoms with Gasteiger partial charge in [0.15, 0.2) is 0 Å². The number of likely N-dealkylation sites (N-methyl/N-ethyl adjacent to an activating group) is 1. The predicted molar refractivity (Wildman–Crippen MR) is 64.1 cm³/mol. The van der Waals surface area contributed by atoms with Crippen LogP contribution in [-0.2, 0) is 0 Å². The van der Waals surface area contributed by atoms with E-state index in [9.17, 15) is 0 Å². The molecule has 3 saturated heterocycles. The van der Waals surface area contributed by atoms with Gasteiger partial charge in [-0.15, -0.1) is 0 Å². The van der Waals surface area contributed by atoms with Crippen molar-refractivity contribution < 1.29 is 0 Å². The van der Waals surface area contributed by atoms with Crippen molar-refractivity contribution in [3.05, 3.63) is 0 Å². The van der Waals surface area contributed by atoms with Crippen molar-refractivity contribution in [1.29, 1.82) is 0 Å². The molecule has 3 aliphatic rings. The highest BCUT2D eigenvalue weighted by atomic mass is 15.2. The van der Waals surface area contributed by atoms with Gasteiger partial charge in [-0.3, -0.25) is 0 Å². The quantitative estimate of drug-likeness (QED) is 0.735. The van der Waals surface area contributed by atoms with Crippen LogP contribution in [0.25, 0.3) is 0 Å². The highest BCUT2D eigenvalue weighted by Gasteiger charge is 2.34. The lowest BCUT2D eigenvalue weighted by Crippen LogP contribution is -2.58. The van der Waals surface area contributed by atoms with Crippen LogP contribution in [0, 0.1) is 5.92 Å². The second kappa shape index (κ2) is 4.81. The number of piperidine rings is 3. The van der Waals surface area contributed by atoms with E-state index in [4.69, 9.17) is 0 Å². The van der Waals surface area contributed by atoms with Crippen LogP contribution in [0.15, 0.2) is 0 Å². The first-order chi connectivity index (χ1) is 7.15. The molecule has 0 aromatic rings. The van der Waals surface area contributed by atoms with E-state index in [-0.39, 0.29) is 0 Å². The Morgan fingerprint density at radius 1 is 1.33 bits per heavy atom. The zero-order chi connectivity index (χ0) is 10.8. The third-order valence-electron chi connectivity index (χ3n) is 3.79. The van der Waals surface area contributed by atoms with Crippen LogP contribution in [0.5, 0.6) is 0 Å². The Morgan fingerprint density at radius 2 is 2.00 bits per heavy atom. The normalized spacial score (nSPS) is 37.2. The Balaban J connectivity index is 1.79. The molecule has 3 nitrogen and oxygen atoms in total. The molecule has 0 aromatic heterocycles. The van der Waals surface area contributed by atoms with E-state index < -0.39 is 0 Å². The molecule has 15 heavy (non-hydrogen) atoms. The van der Waals surface area contributed by atoms with Gasteiger partial charge in [-0.1, -0.05) is 0 Å². The van der Waals surface area contributed by atoms with E-state index in [1.54, 1.807) is 0 Å². The molecule has 3 heteroatoms. The zero-order valence-corrected chi connectivity index (χ0v) is 10.4. The molecule has 3 rings (SSSR count). The summed E-state index contributed by atoms with van der Waals surface area (Å²) in [5.74, 6) is 0.944. The van der Waals surface area contributed by atoms with Crippen LogP contribution in [-0.4, -0.2) is 62.2 Å². The maximum absolute atomic E-state index is 3.80. The molecule has 0 saturated carbocycles. The van der Waals surface area contributed by atoms with E-state index >= 15 is 0 Å². The van der Waals surface area contributed by atoms with Gasteiger partial charge in [0, 0.05) is 25.2 Å². The second-order valence-corrected chi connectivity index (χ2v) is 5.57. The van der Waals surface area contributed by atoms with Crippen LogP contribution >= 0.6 is 0 Å². The van der Waals surface area contributed by atoms with E-state index in [0.717, 1.165) is 18.5 Å². The first kappa shape index (κ1) is 11.4. The van der Waals surface area contributed by atoms with E-state index in [1.807, 2.05) is 0 Å². The maximum atomic E-state index is 3.80. The Morgan fingerprint density at radius 3 is 2.47 bits per heavy atom. The third-order valence-corrected chi connectivity index (χ3v) is 3.79. The lowest BCUT2D eigenvalue weighted by atomic mass is 9.84. The van der Waals surface area contributed by atoms with Gasteiger partial charge in [-0.25, -0.2) is 0 Å². The summed E-state index contributed by atoms with van der Waals surface area (Å²) in [6, 6.07) is 1.37. The monoisotopic (exact) mass is 211 g/mol. The summed E-state index contributed by atoms with van der Waals surface area (Å²) < 4.78 is 0. The van der Waals surface area contributed by atoms with Crippen molar-refractivity contribution in [2.75, 3.05) is 40.3 Å². The minimum Gasteiger partial charge on any atom is -0.309 e. The second-order valence-electron chi connectivity index (χ2n) is 5.57. The van der Waals surface area contributed by atoms with E-state index in [1.165, 1.54) is 32.5 Å². The van der Waals surface area contributed by atoms with Gasteiger partial charge in [0.05, 0.1) is 0 Å². The first-order valence-electron chi connectivity index (χ1n) is 6.28. The van der Waals surface area contributed by atoms with Crippen molar-refractivity contribution in [2.45, 2.75) is 31.8 Å². The standard InChI is InChI=1S/C12H25N3/c1-10(8-14(2)3)13-12-9-15-6-4-11(12)5-7-15/h10-13H,4-9H2,1-3H3. The van der Waals surface area contributed by atoms with E-state index in [0.29, 0.717) is 6.04 Å². The summed E-state index contributed by atoms with van der Waals surface area (Å²) in [5, 5.41) is 3.80. The summed E-state index contributed by atoms with van der Waals surface area (Å²) in [5.41, 5.74) is 0. The van der Waals surface area contributed by atoms with Crippen LogP contribution in [0.1, 0.15) is 19.8 Å². The Kier molecular flexibility index (Phi) is 3.65. The molecule has 0 radical (unpaired) electrons. The number of rotatable bonds is 4. The number of fused-ring (bicyclic) bond motifs is 3. The van der Waals surface area contributed by atoms with Gasteiger partial charge in [0.1, 0.15) is 0 Å². The summed E-state index contributed by atoms with van der Waals surface area (Å²) >= 11 is 0. The number of hydrogen-bond donors (Lipinski definition) is 1. The smallest absolute Gasteiger partial charge is 0.0227 e. The number of nitrogens with zero attached hydrogens (tertiary/aromatic N) is 2. The molecule has 1 N–H and O–H groups in total. The van der Waals surface area contributed by atoms with Crippen LogP contribution in [0.4, 0.5) is 0 Å². The third kappa shape index (κ3) is 2.92. The topological polar surface area (TPSA) is 18.5 Å². The predicted octanol–water partition coefficient (Wildman–Crippen LogP) is 0.620. The molecule has 88 valence electrons. The first-order valence-corrected chi connectivity index (χ1v) is 6.28. The van der Waals surface area contributed by atoms with Gasteiger partial charge in [-0.05, 0) is 52.9 Å². The average molecular weight is 211 g/mol. The molecule has 2 unspecified atom stereocenters. The SMILES string of the molecule is CC(CN(C)C)NC1CN2CCC1CC2. The molecule has 2 bridgehead atoms. The fraction of sp³-hybridized carbons (Fsp3) is 1.00. The van der Waals surface area contributed by atoms with Crippen molar-refractivity contribution >= 4 is 0 Å². The van der Waals surface area contributed by atoms with Gasteiger partial charge in [-0.2, -0.15) is 0 Å². The average Bonchev–Trinajstić information content (AvgIpc) is 2.17. The molecule has 0 aliphatic carbocycles. The lowest BCUT2D eigenvalue weighted by Gasteiger charge is -2.46. The zero-order valence-electron chi connectivity index (χ0n) is 10.4. The molecule has 3 aliphatic heterocycles. The summed E-state index contributed by atoms with van der Waals surface area (Å²) in [7, 11) is 4.30. The van der Waals surface area contributed by atoms with Crippen molar-refractivity contribution in [1.82, 2.24) is 15.1 Å². The van der Waals surface area contributed by atoms with Crippen LogP contribution in [0.2, 0.25) is 0 Å². The molecule has 0 amide bonds. The minimum atomic E-state index is 0.616. The molecule has 3 fully saturated rings. The van der Waals surface area contributed by atoms with Gasteiger partial charge >= 0.3 is 0 Å². The summed E-state index contributed by atoms with van der Waals surface area (Å²) in [4.78, 5) is 4.87. The number of hydrogen-bond acceptors (Lipinski definition) is 3. The number of nitrogens with one attached hydrogen (secondary N) is 1. The highest BCUT2D eigenvalue weighted by molar-refractivity contribution is 4.92. The van der Waals surface area contributed by atoms with Crippen LogP contribution in [0.3, 0.4) is 0 Å². The summed E-state index contributed by atoms with van der Waals surface area (Å²) in [6.45, 7) is 7.40. The molecule has 3 heterocycles. The van der Waals surface area contributed by atoms with Crippen molar-refractivity contribution in [3.63, 3.8) is 0 Å². The van der Waals surface area contributed by atoms with E-state index in [2.05, 4.69) is 36.1 Å². The van der Waals surface area contributed by atoms with Gasteiger partial charge < -0.3 is 15.1 Å². The fourth-order valence-electron chi connectivity index (χ4n) is 3.12. The Labute approximate surface area is 93.8 Å². The maximum Gasteiger partial charge on any atom is 0.0227 e. The Hall–Kier alpha value is -0.120. The van der Waals surface area contributed by atoms with Crippen molar-refractivity contribution in [2.24, 2.45) is 5.92 Å². The van der Waals surface area contributed by atoms with Gasteiger partial charge in [0.25, 0.3) is 0 Å². The highest BCUT2D eigenvalue weighted by Crippen LogP contribution is 2.27. The Bertz CT molecular complexity index is 197. The molecular formula is C12H25N3.